The van der Waals surface area contributed by atoms with E-state index in [1.165, 1.54) is 6.07 Å². The summed E-state index contributed by atoms with van der Waals surface area (Å²) in [5.41, 5.74) is 2.39. The molecule has 0 spiro atoms. The second-order valence-corrected chi connectivity index (χ2v) is 10.5. The van der Waals surface area contributed by atoms with Gasteiger partial charge in [-0.15, -0.1) is 0 Å². The Balaban J connectivity index is 1.72. The predicted octanol–water partition coefficient (Wildman–Crippen LogP) is 2.74. The molecule has 2 aromatic heterocycles. The number of esters is 1. The lowest BCUT2D eigenvalue weighted by Crippen LogP contribution is -2.44. The van der Waals surface area contributed by atoms with Gasteiger partial charge in [-0.2, -0.15) is 0 Å². The van der Waals surface area contributed by atoms with Crippen LogP contribution in [0.15, 0.2) is 16.9 Å². The van der Waals surface area contributed by atoms with E-state index in [0.29, 0.717) is 48.3 Å². The van der Waals surface area contributed by atoms with Gasteiger partial charge in [0.15, 0.2) is 5.60 Å². The van der Waals surface area contributed by atoms with Crippen molar-refractivity contribution in [2.24, 2.45) is 0 Å². The van der Waals surface area contributed by atoms with Crippen LogP contribution in [0.4, 0.5) is 4.39 Å². The van der Waals surface area contributed by atoms with Gasteiger partial charge in [-0.1, -0.05) is 6.92 Å². The number of rotatable bonds is 5. The Morgan fingerprint density at radius 3 is 2.73 bits per heavy atom. The average molecular weight is 509 g/mol. The van der Waals surface area contributed by atoms with E-state index in [0.717, 1.165) is 22.1 Å². The number of cyclic esters (lactones) is 1. The van der Waals surface area contributed by atoms with Crippen molar-refractivity contribution in [2.75, 3.05) is 20.3 Å². The van der Waals surface area contributed by atoms with Gasteiger partial charge < -0.3 is 24.3 Å². The topological polar surface area (TPSA) is 111 Å². The Bertz CT molecular complexity index is 1560. The van der Waals surface area contributed by atoms with E-state index >= 15 is 4.39 Å². The lowest BCUT2D eigenvalue weighted by Gasteiger charge is -2.40. The summed E-state index contributed by atoms with van der Waals surface area (Å²) in [7, 11) is 1.62. The lowest BCUT2D eigenvalue weighted by molar-refractivity contribution is -0.172. The number of aliphatic hydroxyl groups is 2. The highest BCUT2D eigenvalue weighted by Gasteiger charge is 2.47. The molecule has 9 heteroatoms. The van der Waals surface area contributed by atoms with Crippen molar-refractivity contribution in [3.05, 3.63) is 61.7 Å². The smallest absolute Gasteiger partial charge is 0.343 e. The molecule has 0 saturated heterocycles. The van der Waals surface area contributed by atoms with Crippen LogP contribution in [0.5, 0.6) is 0 Å². The number of carbonyl (C=O) groups is 1. The van der Waals surface area contributed by atoms with Crippen molar-refractivity contribution in [1.82, 2.24) is 9.55 Å². The number of hydrogen-bond donors (Lipinski definition) is 2. The third kappa shape index (κ3) is 3.08. The number of halogens is 1. The van der Waals surface area contributed by atoms with Crippen LogP contribution >= 0.6 is 0 Å². The average Bonchev–Trinajstić information content (AvgIpc) is 3.24. The lowest BCUT2D eigenvalue weighted by atomic mass is 9.66. The highest BCUT2D eigenvalue weighted by molar-refractivity contribution is 5.94. The fraction of sp³-hybridized carbons (Fsp3) is 0.464. The van der Waals surface area contributed by atoms with Gasteiger partial charge in [-0.3, -0.25) is 4.79 Å². The molecule has 0 fully saturated rings. The molecule has 0 unspecified atom stereocenters. The van der Waals surface area contributed by atoms with E-state index in [1.54, 1.807) is 31.6 Å². The van der Waals surface area contributed by atoms with Gasteiger partial charge in [0.05, 0.1) is 35.6 Å². The Labute approximate surface area is 212 Å². The number of hydrogen-bond acceptors (Lipinski definition) is 7. The van der Waals surface area contributed by atoms with Gasteiger partial charge in [0.2, 0.25) is 0 Å². The molecule has 2 atom stereocenters. The number of benzene rings is 1. The van der Waals surface area contributed by atoms with Crippen molar-refractivity contribution in [3.8, 4) is 11.4 Å². The normalized spacial score (nSPS) is 23.6. The maximum Gasteiger partial charge on any atom is 0.343 e. The second kappa shape index (κ2) is 8.18. The van der Waals surface area contributed by atoms with Crippen molar-refractivity contribution in [3.63, 3.8) is 0 Å². The van der Waals surface area contributed by atoms with Gasteiger partial charge in [-0.25, -0.2) is 14.2 Å². The van der Waals surface area contributed by atoms with Crippen molar-refractivity contribution < 1.29 is 28.9 Å². The number of carbonyl (C=O) groups excluding carboxylic acids is 1. The number of nitrogens with zero attached hydrogens (tertiary/aromatic N) is 2. The van der Waals surface area contributed by atoms with Crippen molar-refractivity contribution in [1.29, 1.82) is 0 Å². The monoisotopic (exact) mass is 508 g/mol. The first kappa shape index (κ1) is 24.2. The van der Waals surface area contributed by atoms with Crippen LogP contribution < -0.4 is 5.56 Å². The number of fused-ring (bicyclic) bond motifs is 5. The Morgan fingerprint density at radius 2 is 2.03 bits per heavy atom. The number of methoxy groups -OCH3 is 1. The van der Waals surface area contributed by atoms with Crippen LogP contribution in [0.1, 0.15) is 59.6 Å². The number of aryl methyl sites for hydroxylation is 1. The van der Waals surface area contributed by atoms with Crippen LogP contribution in [-0.4, -0.2) is 46.1 Å². The first-order valence-corrected chi connectivity index (χ1v) is 12.6. The second-order valence-electron chi connectivity index (χ2n) is 10.5. The van der Waals surface area contributed by atoms with Gasteiger partial charge in [0.25, 0.3) is 5.56 Å². The van der Waals surface area contributed by atoms with Crippen LogP contribution in [0.2, 0.25) is 0 Å². The molecule has 6 rings (SSSR count). The van der Waals surface area contributed by atoms with Gasteiger partial charge >= 0.3 is 5.97 Å². The Kier molecular flexibility index (Phi) is 5.35. The summed E-state index contributed by atoms with van der Waals surface area (Å²) in [5, 5.41) is 22.1. The van der Waals surface area contributed by atoms with Gasteiger partial charge in [0.1, 0.15) is 12.4 Å². The standard InChI is InChI=1S/C28H29FN2O6/c1-4-28(35)18-9-21-24-16(11-31(21)25(33)17(18)12-37-26(28)34)23-22-15(14(2)19(29)10-20(22)30-24)5-6-27(23,7-8-32)13-36-3/h9-10,32,35H,4-8,11-13H2,1-3H3/t27-,28-/m0/s1. The quantitative estimate of drug-likeness (QED) is 0.399. The summed E-state index contributed by atoms with van der Waals surface area (Å²) in [4.78, 5) is 31.1. The van der Waals surface area contributed by atoms with Crippen LogP contribution in [0.3, 0.4) is 0 Å². The first-order chi connectivity index (χ1) is 17.7. The summed E-state index contributed by atoms with van der Waals surface area (Å²) in [6, 6.07) is 3.09. The van der Waals surface area contributed by atoms with E-state index in [2.05, 4.69) is 0 Å². The van der Waals surface area contributed by atoms with Gasteiger partial charge in [-0.05, 0) is 55.4 Å². The van der Waals surface area contributed by atoms with E-state index in [9.17, 15) is 19.8 Å². The predicted molar refractivity (Wildman–Crippen MR) is 133 cm³/mol. The minimum Gasteiger partial charge on any atom is -0.458 e. The molecule has 8 nitrogen and oxygen atoms in total. The summed E-state index contributed by atoms with van der Waals surface area (Å²) >= 11 is 0. The first-order valence-electron chi connectivity index (χ1n) is 12.6. The highest BCUT2D eigenvalue weighted by atomic mass is 19.1. The van der Waals surface area contributed by atoms with Gasteiger partial charge in [0, 0.05) is 41.7 Å². The number of ether oxygens (including phenoxy) is 2. The zero-order chi connectivity index (χ0) is 26.3. The minimum absolute atomic E-state index is 0.0479. The van der Waals surface area contributed by atoms with E-state index in [-0.39, 0.29) is 48.7 Å². The Hall–Kier alpha value is -3.14. The maximum absolute atomic E-state index is 15.0. The molecule has 194 valence electrons. The molecule has 0 amide bonds. The molecule has 3 aliphatic rings. The molecule has 0 saturated carbocycles. The molecule has 4 heterocycles. The molecular weight excluding hydrogens is 479 g/mol. The summed E-state index contributed by atoms with van der Waals surface area (Å²) < 4.78 is 27.5. The summed E-state index contributed by atoms with van der Waals surface area (Å²) in [6.45, 7) is 3.76. The molecule has 3 aromatic rings. The van der Waals surface area contributed by atoms with Crippen LogP contribution in [0.25, 0.3) is 22.3 Å². The zero-order valence-corrected chi connectivity index (χ0v) is 21.1. The van der Waals surface area contributed by atoms with E-state index < -0.39 is 17.0 Å². The molecule has 2 aliphatic heterocycles. The minimum atomic E-state index is -1.93. The van der Waals surface area contributed by atoms with Crippen molar-refractivity contribution in [2.45, 2.75) is 63.7 Å². The molecule has 37 heavy (non-hydrogen) atoms. The third-order valence-corrected chi connectivity index (χ3v) is 8.70. The highest BCUT2D eigenvalue weighted by Crippen LogP contribution is 2.50. The largest absolute Gasteiger partial charge is 0.458 e. The zero-order valence-electron chi connectivity index (χ0n) is 21.1. The third-order valence-electron chi connectivity index (χ3n) is 8.70. The van der Waals surface area contributed by atoms with E-state index in [4.69, 9.17) is 14.5 Å². The molecule has 2 N–H and O–H groups in total. The molecule has 1 aromatic carbocycles. The van der Waals surface area contributed by atoms with E-state index in [1.807, 2.05) is 0 Å². The fourth-order valence-electron chi connectivity index (χ4n) is 6.73. The number of pyridine rings is 2. The molecule has 0 bridgehead atoms. The van der Waals surface area contributed by atoms with Crippen LogP contribution in [0, 0.1) is 12.7 Å². The maximum atomic E-state index is 15.0. The summed E-state index contributed by atoms with van der Waals surface area (Å²) in [5.74, 6) is -1.12. The number of aliphatic hydroxyl groups excluding tert-OH is 1. The molecule has 1 aliphatic carbocycles. The fourth-order valence-corrected chi connectivity index (χ4v) is 6.73. The summed E-state index contributed by atoms with van der Waals surface area (Å²) in [6.07, 6.45) is 1.78. The Morgan fingerprint density at radius 1 is 1.24 bits per heavy atom. The SMILES string of the molecule is CC[C@@]1(O)C(=O)OCc2c1cc1n(c2=O)Cc2c-1nc1cc(F)c(C)c3c1c2[C@@](CCO)(COC)CC3. The molecular formula is C28H29FN2O6. The molecule has 0 radical (unpaired) electrons. The van der Waals surface area contributed by atoms with Crippen molar-refractivity contribution >= 4 is 16.9 Å². The van der Waals surface area contributed by atoms with Crippen LogP contribution in [-0.2, 0) is 44.9 Å². The number of aromatic nitrogens is 2.